The number of hydrogen-bond donors (Lipinski definition) is 0. The molecule has 1 aliphatic carbocycles. The normalized spacial score (nSPS) is 16.7. The Balaban J connectivity index is 1.36. The standard InChI is InChI=1S/C57H49N3/c1-36-22-27-41(28-23-36)58(39-16-10-8-11-17-39)43-31-32-46-49(35-43)60-54-50(46)44-20-14-15-21-45(44)53(59(40-18-12-9-13-19-40)42-29-24-37(2)25-30-42)52(54)51-47-34-38(56(3,4)5)26-33-48(47)57(6,7)55(51)60/h8-35H,1-7H3/i2D3,8D,9D,10D,11D,12D,13D,16D,17D,18D,19D. The van der Waals surface area contributed by atoms with E-state index in [-0.39, 0.29) is 34.4 Å². The Bertz CT molecular complexity index is 3920. The first-order valence-corrected chi connectivity index (χ1v) is 20.2. The van der Waals surface area contributed by atoms with Gasteiger partial charge in [-0.1, -0.05) is 155 Å². The van der Waals surface area contributed by atoms with Crippen molar-refractivity contribution in [3.05, 3.63) is 198 Å². The minimum absolute atomic E-state index is 0.0119. The van der Waals surface area contributed by atoms with Crippen molar-refractivity contribution in [3.63, 3.8) is 0 Å². The predicted octanol–water partition coefficient (Wildman–Crippen LogP) is 16.0. The minimum Gasteiger partial charge on any atom is -0.311 e. The Morgan fingerprint density at radius 1 is 0.583 bits per heavy atom. The Kier molecular flexibility index (Phi) is 5.44. The van der Waals surface area contributed by atoms with Crippen LogP contribution in [-0.4, -0.2) is 4.40 Å². The van der Waals surface area contributed by atoms with Gasteiger partial charge in [-0.05, 0) is 102 Å². The molecule has 2 heterocycles. The molecule has 0 N–H and O–H groups in total. The summed E-state index contributed by atoms with van der Waals surface area (Å²) in [5.74, 6) is 0. The van der Waals surface area contributed by atoms with Crippen LogP contribution >= 0.6 is 0 Å². The molecule has 8 aromatic carbocycles. The topological polar surface area (TPSA) is 10.9 Å². The first kappa shape index (κ1) is 24.9. The van der Waals surface area contributed by atoms with Crippen LogP contribution < -0.4 is 9.80 Å². The van der Waals surface area contributed by atoms with Crippen molar-refractivity contribution in [3.8, 4) is 11.1 Å². The second-order valence-electron chi connectivity index (χ2n) is 17.4. The van der Waals surface area contributed by atoms with Crippen LogP contribution in [0.2, 0.25) is 0 Å². The van der Waals surface area contributed by atoms with Crippen LogP contribution in [0.5, 0.6) is 0 Å². The summed E-state index contributed by atoms with van der Waals surface area (Å²) in [4.78, 5) is 3.42. The molecule has 0 unspecified atom stereocenters. The molecule has 0 spiro atoms. The number of fused-ring (bicyclic) bond motifs is 10. The van der Waals surface area contributed by atoms with Gasteiger partial charge < -0.3 is 14.2 Å². The zero-order chi connectivity index (χ0) is 52.3. The Labute approximate surface area is 371 Å². The van der Waals surface area contributed by atoms with Gasteiger partial charge in [-0.3, -0.25) is 0 Å². The number of benzene rings is 8. The average Bonchev–Trinajstić information content (AvgIpc) is 3.96. The number of anilines is 6. The number of aryl methyl sites for hydroxylation is 2. The molecule has 3 nitrogen and oxygen atoms in total. The Morgan fingerprint density at radius 2 is 1.18 bits per heavy atom. The minimum atomic E-state index is -2.44. The lowest BCUT2D eigenvalue weighted by molar-refractivity contribution is 0.588. The molecule has 0 fully saturated rings. The highest BCUT2D eigenvalue weighted by atomic mass is 15.2. The molecule has 2 aromatic heterocycles. The largest absolute Gasteiger partial charge is 0.311 e. The van der Waals surface area contributed by atoms with Gasteiger partial charge in [0.05, 0.1) is 30.4 Å². The van der Waals surface area contributed by atoms with E-state index < -0.39 is 60.6 Å². The van der Waals surface area contributed by atoms with E-state index in [1.807, 2.05) is 73.7 Å². The van der Waals surface area contributed by atoms with E-state index in [1.165, 1.54) is 12.1 Å². The molecule has 0 aliphatic heterocycles. The average molecular weight is 789 g/mol. The second-order valence-corrected chi connectivity index (χ2v) is 17.4. The summed E-state index contributed by atoms with van der Waals surface area (Å²) in [6, 6.07) is 29.5. The highest BCUT2D eigenvalue weighted by molar-refractivity contribution is 6.34. The monoisotopic (exact) mass is 788 g/mol. The fourth-order valence-corrected chi connectivity index (χ4v) is 9.55. The quantitative estimate of drug-likeness (QED) is 0.166. The van der Waals surface area contributed by atoms with Crippen LogP contribution in [0, 0.1) is 13.8 Å². The highest BCUT2D eigenvalue weighted by Gasteiger charge is 2.43. The van der Waals surface area contributed by atoms with E-state index in [0.717, 1.165) is 66.1 Å². The van der Waals surface area contributed by atoms with Crippen LogP contribution in [0.15, 0.2) is 170 Å². The number of para-hydroxylation sites is 2. The maximum absolute atomic E-state index is 9.53. The third-order valence-electron chi connectivity index (χ3n) is 12.3. The molecule has 292 valence electrons. The SMILES string of the molecule is [2H]c1c([2H])c([2H])c(N(c2ccc(C)cc2)c2ccc3c4c5ccccc5c(N(c5ccc(C([2H])([2H])[2H])cc5)c5c([2H])c([2H])c([2H])c([2H])c5[2H])c5c6c(n(c3c2)c54)C(C)(C)c2ccc(C(C)(C)C)cc2-6)c([2H])c1[2H]. The Hall–Kier alpha value is -6.84. The van der Waals surface area contributed by atoms with Gasteiger partial charge >= 0.3 is 0 Å². The van der Waals surface area contributed by atoms with Gasteiger partial charge in [-0.2, -0.15) is 0 Å². The van der Waals surface area contributed by atoms with Gasteiger partial charge in [0.25, 0.3) is 0 Å². The van der Waals surface area contributed by atoms with Crippen molar-refractivity contribution < 1.29 is 17.8 Å². The summed E-state index contributed by atoms with van der Waals surface area (Å²) in [7, 11) is 0. The first-order chi connectivity index (χ1) is 34.4. The van der Waals surface area contributed by atoms with Gasteiger partial charge in [-0.15, -0.1) is 0 Å². The zero-order valence-corrected chi connectivity index (χ0v) is 34.2. The number of hydrogen-bond acceptors (Lipinski definition) is 2. The maximum Gasteiger partial charge on any atom is 0.0645 e. The van der Waals surface area contributed by atoms with Crippen molar-refractivity contribution in [1.29, 1.82) is 0 Å². The summed E-state index contributed by atoms with van der Waals surface area (Å²) in [5, 5.41) is 3.99. The molecule has 11 rings (SSSR count). The lowest BCUT2D eigenvalue weighted by Gasteiger charge is -2.29. The van der Waals surface area contributed by atoms with Crippen LogP contribution in [0.25, 0.3) is 49.1 Å². The lowest BCUT2D eigenvalue weighted by Crippen LogP contribution is -2.18. The highest BCUT2D eigenvalue weighted by Crippen LogP contribution is 2.60. The van der Waals surface area contributed by atoms with Crippen molar-refractivity contribution in [2.75, 3.05) is 9.80 Å². The Morgan fingerprint density at radius 3 is 1.83 bits per heavy atom. The fraction of sp³-hybridized carbons (Fsp3) is 0.158. The van der Waals surface area contributed by atoms with Crippen LogP contribution in [0.3, 0.4) is 0 Å². The second kappa shape index (κ2) is 13.1. The van der Waals surface area contributed by atoms with Crippen LogP contribution in [0.4, 0.5) is 34.1 Å². The van der Waals surface area contributed by atoms with Gasteiger partial charge in [0, 0.05) is 70.8 Å². The van der Waals surface area contributed by atoms with Crippen molar-refractivity contribution in [1.82, 2.24) is 4.40 Å². The maximum atomic E-state index is 9.53. The van der Waals surface area contributed by atoms with Crippen molar-refractivity contribution in [2.24, 2.45) is 0 Å². The summed E-state index contributed by atoms with van der Waals surface area (Å²) in [5.41, 5.74) is 8.51. The third kappa shape index (κ3) is 5.28. The molecule has 0 saturated carbocycles. The van der Waals surface area contributed by atoms with Gasteiger partial charge in [0.2, 0.25) is 0 Å². The molecule has 3 heteroatoms. The molecule has 1 aliphatic rings. The van der Waals surface area contributed by atoms with Crippen LogP contribution in [0.1, 0.15) is 80.4 Å². The van der Waals surface area contributed by atoms with E-state index in [0.29, 0.717) is 28.1 Å². The van der Waals surface area contributed by atoms with E-state index in [4.69, 9.17) is 12.3 Å². The molecule has 0 bridgehead atoms. The number of rotatable bonds is 6. The van der Waals surface area contributed by atoms with Gasteiger partial charge in [0.15, 0.2) is 0 Å². The molecule has 10 aromatic rings. The van der Waals surface area contributed by atoms with E-state index >= 15 is 0 Å². The summed E-state index contributed by atoms with van der Waals surface area (Å²) in [6.45, 7) is 10.4. The van der Waals surface area contributed by atoms with E-state index in [9.17, 15) is 5.48 Å². The zero-order valence-electron chi connectivity index (χ0n) is 47.2. The molecule has 0 amide bonds. The summed E-state index contributed by atoms with van der Waals surface area (Å²) in [6.07, 6.45) is 0. The van der Waals surface area contributed by atoms with E-state index in [2.05, 4.69) is 57.2 Å². The first-order valence-electron chi connectivity index (χ1n) is 26.7. The van der Waals surface area contributed by atoms with Gasteiger partial charge in [-0.25, -0.2) is 0 Å². The van der Waals surface area contributed by atoms with Gasteiger partial charge in [0.1, 0.15) is 0 Å². The summed E-state index contributed by atoms with van der Waals surface area (Å²) < 4.78 is 117. The fourth-order valence-electron chi connectivity index (χ4n) is 9.55. The van der Waals surface area contributed by atoms with Crippen LogP contribution in [-0.2, 0) is 10.8 Å². The number of aromatic nitrogens is 1. The number of nitrogens with zero attached hydrogens (tertiary/aromatic N) is 3. The molecular weight excluding hydrogens is 727 g/mol. The molecule has 0 saturated heterocycles. The molecular formula is C57H49N3. The lowest BCUT2D eigenvalue weighted by atomic mass is 9.81. The van der Waals surface area contributed by atoms with E-state index in [1.54, 1.807) is 21.9 Å². The molecule has 0 radical (unpaired) electrons. The molecule has 0 atom stereocenters. The predicted molar refractivity (Wildman–Crippen MR) is 256 cm³/mol. The molecule has 60 heavy (non-hydrogen) atoms. The van der Waals surface area contributed by atoms with Crippen molar-refractivity contribution in [2.45, 2.75) is 59.2 Å². The smallest absolute Gasteiger partial charge is 0.0645 e. The third-order valence-corrected chi connectivity index (χ3v) is 12.3. The summed E-state index contributed by atoms with van der Waals surface area (Å²) >= 11 is 0. The van der Waals surface area contributed by atoms with Crippen molar-refractivity contribution >= 4 is 72.1 Å².